The van der Waals surface area contributed by atoms with Crippen LogP contribution in [-0.4, -0.2) is 16.5 Å². The van der Waals surface area contributed by atoms with Crippen molar-refractivity contribution in [3.05, 3.63) is 30.1 Å². The molecule has 1 amide bonds. The van der Waals surface area contributed by atoms with Gasteiger partial charge >= 0.3 is 0 Å². The zero-order valence-corrected chi connectivity index (χ0v) is 9.44. The number of amides is 1. The molecule has 3 N–H and O–H groups in total. The average molecular weight is 219 g/mol. The third kappa shape index (κ3) is 2.10. The van der Waals surface area contributed by atoms with Gasteiger partial charge in [0, 0.05) is 18.8 Å². The lowest BCUT2D eigenvalue weighted by atomic mass is 10.2. The topological polar surface area (TPSA) is 60.0 Å². The molecule has 1 aromatic heterocycles. The molecule has 0 atom stereocenters. The van der Waals surface area contributed by atoms with Crippen molar-refractivity contribution in [2.75, 3.05) is 5.73 Å². The molecule has 2 rings (SSSR count). The number of rotatable bonds is 3. The molecule has 4 heteroatoms. The molecule has 1 aliphatic rings. The number of aromatic nitrogens is 1. The zero-order valence-electron chi connectivity index (χ0n) is 9.44. The van der Waals surface area contributed by atoms with Crippen LogP contribution in [0.5, 0.6) is 0 Å². The molecule has 0 aromatic carbocycles. The van der Waals surface area contributed by atoms with E-state index in [1.165, 1.54) is 0 Å². The lowest BCUT2D eigenvalue weighted by Gasteiger charge is -2.12. The molecule has 0 aliphatic heterocycles. The quantitative estimate of drug-likeness (QED) is 0.757. The van der Waals surface area contributed by atoms with Gasteiger partial charge in [-0.2, -0.15) is 0 Å². The Hall–Kier alpha value is -1.71. The summed E-state index contributed by atoms with van der Waals surface area (Å²) in [5.41, 5.74) is 6.97. The second-order valence-electron chi connectivity index (χ2n) is 4.06. The molecular weight excluding hydrogens is 202 g/mol. The fourth-order valence-electron chi connectivity index (χ4n) is 1.98. The molecule has 0 unspecified atom stereocenters. The number of aryl methyl sites for hydroxylation is 1. The summed E-state index contributed by atoms with van der Waals surface area (Å²) in [6.07, 6.45) is 7.83. The number of nitrogen functional groups attached to an aromatic ring is 1. The SMILES string of the molecule is CCn1cc(N)cc1C(=O)NC1CC=CC1. The minimum Gasteiger partial charge on any atom is -0.397 e. The Morgan fingerprint density at radius 3 is 2.88 bits per heavy atom. The maximum atomic E-state index is 12.0. The summed E-state index contributed by atoms with van der Waals surface area (Å²) in [5, 5.41) is 3.01. The van der Waals surface area contributed by atoms with Crippen LogP contribution in [0.2, 0.25) is 0 Å². The van der Waals surface area contributed by atoms with Crippen molar-refractivity contribution in [2.45, 2.75) is 32.4 Å². The Bertz CT molecular complexity index is 412. The number of nitrogens with one attached hydrogen (secondary N) is 1. The number of nitrogens with zero attached hydrogens (tertiary/aromatic N) is 1. The predicted octanol–water partition coefficient (Wildman–Crippen LogP) is 1.54. The van der Waals surface area contributed by atoms with Gasteiger partial charge < -0.3 is 15.6 Å². The van der Waals surface area contributed by atoms with Gasteiger partial charge in [-0.3, -0.25) is 4.79 Å². The molecule has 1 aromatic rings. The lowest BCUT2D eigenvalue weighted by molar-refractivity contribution is 0.0929. The van der Waals surface area contributed by atoms with Crippen molar-refractivity contribution in [1.82, 2.24) is 9.88 Å². The molecule has 4 nitrogen and oxygen atoms in total. The van der Waals surface area contributed by atoms with E-state index in [2.05, 4.69) is 17.5 Å². The molecule has 0 saturated heterocycles. The maximum Gasteiger partial charge on any atom is 0.268 e. The van der Waals surface area contributed by atoms with Crippen molar-refractivity contribution >= 4 is 11.6 Å². The minimum atomic E-state index is -0.0350. The molecule has 0 saturated carbocycles. The van der Waals surface area contributed by atoms with Gasteiger partial charge in [0.05, 0.1) is 5.69 Å². The number of hydrogen-bond acceptors (Lipinski definition) is 2. The Morgan fingerprint density at radius 1 is 1.56 bits per heavy atom. The van der Waals surface area contributed by atoms with E-state index < -0.39 is 0 Å². The summed E-state index contributed by atoms with van der Waals surface area (Å²) in [5.74, 6) is -0.0350. The molecule has 1 aliphatic carbocycles. The summed E-state index contributed by atoms with van der Waals surface area (Å²) >= 11 is 0. The first-order valence-corrected chi connectivity index (χ1v) is 5.62. The van der Waals surface area contributed by atoms with E-state index in [1.807, 2.05) is 11.5 Å². The smallest absolute Gasteiger partial charge is 0.268 e. The van der Waals surface area contributed by atoms with Crippen molar-refractivity contribution in [1.29, 1.82) is 0 Å². The summed E-state index contributed by atoms with van der Waals surface area (Å²) in [6.45, 7) is 2.75. The van der Waals surface area contributed by atoms with Gasteiger partial charge in [0.15, 0.2) is 0 Å². The third-order valence-corrected chi connectivity index (χ3v) is 2.83. The number of anilines is 1. The monoisotopic (exact) mass is 219 g/mol. The van der Waals surface area contributed by atoms with Crippen LogP contribution in [0.1, 0.15) is 30.3 Å². The van der Waals surface area contributed by atoms with Crippen LogP contribution in [-0.2, 0) is 6.54 Å². The first kappa shape index (κ1) is 10.8. The van der Waals surface area contributed by atoms with E-state index >= 15 is 0 Å². The van der Waals surface area contributed by atoms with Gasteiger partial charge in [0.1, 0.15) is 5.69 Å². The maximum absolute atomic E-state index is 12.0. The average Bonchev–Trinajstić information content (AvgIpc) is 2.86. The summed E-state index contributed by atoms with van der Waals surface area (Å²) in [6, 6.07) is 1.97. The van der Waals surface area contributed by atoms with E-state index in [0.717, 1.165) is 19.4 Å². The highest BCUT2D eigenvalue weighted by Gasteiger charge is 2.17. The third-order valence-electron chi connectivity index (χ3n) is 2.83. The van der Waals surface area contributed by atoms with E-state index in [-0.39, 0.29) is 11.9 Å². The molecule has 1 heterocycles. The van der Waals surface area contributed by atoms with Crippen LogP contribution >= 0.6 is 0 Å². The molecule has 0 spiro atoms. The fourth-order valence-corrected chi connectivity index (χ4v) is 1.98. The Kier molecular flexibility index (Phi) is 2.99. The van der Waals surface area contributed by atoms with Gasteiger partial charge in [-0.05, 0) is 25.8 Å². The highest BCUT2D eigenvalue weighted by Crippen LogP contribution is 2.13. The van der Waals surface area contributed by atoms with E-state index in [9.17, 15) is 4.79 Å². The standard InChI is InChI=1S/C12H17N3O/c1-2-15-8-9(13)7-11(15)12(16)14-10-5-3-4-6-10/h3-4,7-8,10H,2,5-6,13H2,1H3,(H,14,16). The first-order valence-electron chi connectivity index (χ1n) is 5.62. The molecule has 86 valence electrons. The van der Waals surface area contributed by atoms with E-state index in [1.54, 1.807) is 12.3 Å². The molecule has 0 bridgehead atoms. The van der Waals surface area contributed by atoms with Gasteiger partial charge in [-0.1, -0.05) is 12.2 Å². The predicted molar refractivity (Wildman–Crippen MR) is 64.1 cm³/mol. The Morgan fingerprint density at radius 2 is 2.25 bits per heavy atom. The normalized spacial score (nSPS) is 15.6. The van der Waals surface area contributed by atoms with Gasteiger partial charge in [0.2, 0.25) is 0 Å². The molecular formula is C12H17N3O. The summed E-state index contributed by atoms with van der Waals surface area (Å²) < 4.78 is 1.87. The van der Waals surface area contributed by atoms with E-state index in [0.29, 0.717) is 11.4 Å². The minimum absolute atomic E-state index is 0.0350. The second kappa shape index (κ2) is 4.43. The number of hydrogen-bond donors (Lipinski definition) is 2. The van der Waals surface area contributed by atoms with Crippen molar-refractivity contribution in [3.63, 3.8) is 0 Å². The van der Waals surface area contributed by atoms with Gasteiger partial charge in [0.25, 0.3) is 5.91 Å². The first-order chi connectivity index (χ1) is 7.70. The Labute approximate surface area is 95.1 Å². The summed E-state index contributed by atoms with van der Waals surface area (Å²) in [4.78, 5) is 12.0. The molecule has 16 heavy (non-hydrogen) atoms. The van der Waals surface area contributed by atoms with Crippen LogP contribution in [0, 0.1) is 0 Å². The van der Waals surface area contributed by atoms with Crippen molar-refractivity contribution in [3.8, 4) is 0 Å². The van der Waals surface area contributed by atoms with Crippen LogP contribution in [0.4, 0.5) is 5.69 Å². The second-order valence-corrected chi connectivity index (χ2v) is 4.06. The van der Waals surface area contributed by atoms with Gasteiger partial charge in [-0.15, -0.1) is 0 Å². The van der Waals surface area contributed by atoms with Crippen molar-refractivity contribution in [2.24, 2.45) is 0 Å². The number of carbonyl (C=O) groups excluding carboxylic acids is 1. The lowest BCUT2D eigenvalue weighted by Crippen LogP contribution is -2.34. The highest BCUT2D eigenvalue weighted by atomic mass is 16.2. The van der Waals surface area contributed by atoms with Crippen molar-refractivity contribution < 1.29 is 4.79 Å². The Balaban J connectivity index is 2.07. The summed E-state index contributed by atoms with van der Waals surface area (Å²) in [7, 11) is 0. The van der Waals surface area contributed by atoms with Crippen LogP contribution in [0.3, 0.4) is 0 Å². The largest absolute Gasteiger partial charge is 0.397 e. The van der Waals surface area contributed by atoms with Crippen LogP contribution < -0.4 is 11.1 Å². The molecule has 0 fully saturated rings. The number of carbonyl (C=O) groups is 1. The fraction of sp³-hybridized carbons (Fsp3) is 0.417. The van der Waals surface area contributed by atoms with Crippen LogP contribution in [0.25, 0.3) is 0 Å². The molecule has 0 radical (unpaired) electrons. The van der Waals surface area contributed by atoms with E-state index in [4.69, 9.17) is 5.73 Å². The zero-order chi connectivity index (χ0) is 11.5. The highest BCUT2D eigenvalue weighted by molar-refractivity contribution is 5.94. The van der Waals surface area contributed by atoms with Gasteiger partial charge in [-0.25, -0.2) is 0 Å². The number of nitrogens with two attached hydrogens (primary N) is 1. The van der Waals surface area contributed by atoms with Crippen LogP contribution in [0.15, 0.2) is 24.4 Å².